The fraction of sp³-hybridized carbons (Fsp3) is 0.875. The fourth-order valence-electron chi connectivity index (χ4n) is 2.68. The zero-order valence-corrected chi connectivity index (χ0v) is 19.4. The number of hydrogen-bond donors (Lipinski definition) is 4. The Hall–Kier alpha value is -0.950. The Morgan fingerprint density at radius 2 is 1.27 bits per heavy atom. The molecular formula is C24H48O6. The van der Waals surface area contributed by atoms with Gasteiger partial charge in [-0.05, 0) is 39.0 Å². The molecule has 0 aromatic carbocycles. The molecule has 0 spiro atoms. The molecule has 4 N–H and O–H groups in total. The van der Waals surface area contributed by atoms with Crippen LogP contribution in [0, 0.1) is 0 Å². The standard InChI is InChI=1S/C21H40O3.C3H8O3/c1-3-4-5-6-7-8-9-10-11-12-13-14-15-16-17-18-21(23)24-19-20(2)22;4-1-3(6)2-5/h10-11,20,22H,3-9,12-19H2,1-2H3;3-6H,1-2H2/b11-10-;. The maximum absolute atomic E-state index is 11.3. The van der Waals surface area contributed by atoms with Gasteiger partial charge in [-0.15, -0.1) is 0 Å². The Morgan fingerprint density at radius 1 is 0.800 bits per heavy atom. The lowest BCUT2D eigenvalue weighted by Gasteiger charge is -2.06. The highest BCUT2D eigenvalue weighted by Crippen LogP contribution is 2.10. The Balaban J connectivity index is 0. The summed E-state index contributed by atoms with van der Waals surface area (Å²) in [5.74, 6) is -0.187. The predicted octanol–water partition coefficient (Wildman–Crippen LogP) is 4.28. The van der Waals surface area contributed by atoms with Gasteiger partial charge in [-0.25, -0.2) is 0 Å². The van der Waals surface area contributed by atoms with Crippen molar-refractivity contribution in [2.75, 3.05) is 19.8 Å². The summed E-state index contributed by atoms with van der Waals surface area (Å²) in [5.41, 5.74) is 0. The molecule has 1 atom stereocenters. The highest BCUT2D eigenvalue weighted by Gasteiger charge is 2.04. The van der Waals surface area contributed by atoms with Gasteiger partial charge < -0.3 is 25.2 Å². The van der Waals surface area contributed by atoms with Gasteiger partial charge in [-0.3, -0.25) is 4.79 Å². The first-order chi connectivity index (χ1) is 14.5. The smallest absolute Gasteiger partial charge is 0.305 e. The molecule has 0 rings (SSSR count). The first-order valence-electron chi connectivity index (χ1n) is 11.9. The molecule has 180 valence electrons. The van der Waals surface area contributed by atoms with E-state index in [2.05, 4.69) is 19.1 Å². The van der Waals surface area contributed by atoms with Crippen molar-refractivity contribution in [2.24, 2.45) is 0 Å². The van der Waals surface area contributed by atoms with Crippen LogP contribution in [0.5, 0.6) is 0 Å². The van der Waals surface area contributed by atoms with Gasteiger partial charge >= 0.3 is 5.97 Å². The summed E-state index contributed by atoms with van der Waals surface area (Å²) in [4.78, 5) is 11.3. The number of aliphatic hydroxyl groups is 4. The van der Waals surface area contributed by atoms with Crippen LogP contribution < -0.4 is 0 Å². The molecule has 6 heteroatoms. The first kappa shape index (κ1) is 31.2. The highest BCUT2D eigenvalue weighted by atomic mass is 16.5. The van der Waals surface area contributed by atoms with Gasteiger partial charge in [0.2, 0.25) is 0 Å². The van der Waals surface area contributed by atoms with Gasteiger partial charge in [0.15, 0.2) is 0 Å². The molecule has 0 bridgehead atoms. The molecule has 1 unspecified atom stereocenters. The van der Waals surface area contributed by atoms with E-state index < -0.39 is 12.2 Å². The Labute approximate surface area is 184 Å². The zero-order valence-electron chi connectivity index (χ0n) is 19.4. The van der Waals surface area contributed by atoms with Crippen molar-refractivity contribution in [1.29, 1.82) is 0 Å². The number of allylic oxidation sites excluding steroid dienone is 2. The molecular weight excluding hydrogens is 384 g/mol. The van der Waals surface area contributed by atoms with E-state index >= 15 is 0 Å². The SMILES string of the molecule is CCCCCCCC/C=C\CCCCCCCC(=O)OCC(C)O.OCC(O)CO. The van der Waals surface area contributed by atoms with Crippen molar-refractivity contribution in [3.8, 4) is 0 Å². The van der Waals surface area contributed by atoms with E-state index in [4.69, 9.17) is 25.2 Å². The Bertz CT molecular complexity index is 367. The fourth-order valence-corrected chi connectivity index (χ4v) is 2.68. The summed E-state index contributed by atoms with van der Waals surface area (Å²) in [6.45, 7) is 3.27. The number of carbonyl (C=O) groups is 1. The minimum Gasteiger partial charge on any atom is -0.463 e. The van der Waals surface area contributed by atoms with Gasteiger partial charge in [-0.2, -0.15) is 0 Å². The van der Waals surface area contributed by atoms with Crippen LogP contribution in [0.25, 0.3) is 0 Å². The minimum absolute atomic E-state index is 0.115. The summed E-state index contributed by atoms with van der Waals surface area (Å²) in [6, 6.07) is 0. The summed E-state index contributed by atoms with van der Waals surface area (Å²) >= 11 is 0. The largest absolute Gasteiger partial charge is 0.463 e. The van der Waals surface area contributed by atoms with E-state index in [0.717, 1.165) is 12.8 Å². The van der Waals surface area contributed by atoms with E-state index in [0.29, 0.717) is 6.42 Å². The number of rotatable bonds is 19. The third-order valence-electron chi connectivity index (χ3n) is 4.55. The molecule has 0 saturated heterocycles. The molecule has 0 aliphatic carbocycles. The van der Waals surface area contributed by atoms with Crippen molar-refractivity contribution in [3.05, 3.63) is 12.2 Å². The quantitative estimate of drug-likeness (QED) is 0.138. The van der Waals surface area contributed by atoms with Crippen LogP contribution in [0.4, 0.5) is 0 Å². The number of unbranched alkanes of at least 4 members (excludes halogenated alkanes) is 11. The summed E-state index contributed by atoms with van der Waals surface area (Å²) in [5, 5.41) is 33.0. The van der Waals surface area contributed by atoms with Gasteiger partial charge in [0, 0.05) is 6.42 Å². The lowest BCUT2D eigenvalue weighted by Crippen LogP contribution is -2.15. The maximum Gasteiger partial charge on any atom is 0.305 e. The van der Waals surface area contributed by atoms with Crippen LogP contribution in [0.1, 0.15) is 104 Å². The molecule has 0 aromatic rings. The van der Waals surface area contributed by atoms with Crippen molar-refractivity contribution in [2.45, 2.75) is 116 Å². The lowest BCUT2D eigenvalue weighted by molar-refractivity contribution is -0.146. The average Bonchev–Trinajstić information content (AvgIpc) is 2.74. The van der Waals surface area contributed by atoms with Crippen molar-refractivity contribution in [1.82, 2.24) is 0 Å². The summed E-state index contributed by atoms with van der Waals surface area (Å²) in [7, 11) is 0. The van der Waals surface area contributed by atoms with Crippen LogP contribution in [0.2, 0.25) is 0 Å². The van der Waals surface area contributed by atoms with E-state index in [1.807, 2.05) is 0 Å². The van der Waals surface area contributed by atoms with Crippen LogP contribution in [0.3, 0.4) is 0 Å². The van der Waals surface area contributed by atoms with E-state index in [9.17, 15) is 4.79 Å². The van der Waals surface area contributed by atoms with Gasteiger partial charge in [0.05, 0.1) is 19.3 Å². The van der Waals surface area contributed by atoms with Gasteiger partial charge in [-0.1, -0.05) is 70.4 Å². The second kappa shape index (κ2) is 26.1. The first-order valence-corrected chi connectivity index (χ1v) is 11.9. The second-order valence-corrected chi connectivity index (χ2v) is 7.89. The molecule has 0 amide bonds. The average molecular weight is 433 g/mol. The van der Waals surface area contributed by atoms with Crippen LogP contribution in [-0.2, 0) is 9.53 Å². The summed E-state index contributed by atoms with van der Waals surface area (Å²) < 4.78 is 4.92. The van der Waals surface area contributed by atoms with E-state index in [1.165, 1.54) is 70.6 Å². The molecule has 0 heterocycles. The van der Waals surface area contributed by atoms with Crippen LogP contribution in [0.15, 0.2) is 12.2 Å². The normalized spacial score (nSPS) is 12.1. The van der Waals surface area contributed by atoms with Crippen molar-refractivity contribution >= 4 is 5.97 Å². The third-order valence-corrected chi connectivity index (χ3v) is 4.55. The zero-order chi connectivity index (χ0) is 22.9. The predicted molar refractivity (Wildman–Crippen MR) is 122 cm³/mol. The monoisotopic (exact) mass is 432 g/mol. The molecule has 0 saturated carbocycles. The third kappa shape index (κ3) is 29.3. The number of aliphatic hydroxyl groups excluding tert-OH is 4. The number of esters is 1. The van der Waals surface area contributed by atoms with Crippen molar-refractivity contribution < 1.29 is 30.0 Å². The molecule has 0 aliphatic heterocycles. The molecule has 30 heavy (non-hydrogen) atoms. The molecule has 0 radical (unpaired) electrons. The van der Waals surface area contributed by atoms with Crippen LogP contribution >= 0.6 is 0 Å². The van der Waals surface area contributed by atoms with Crippen molar-refractivity contribution in [3.63, 3.8) is 0 Å². The highest BCUT2D eigenvalue weighted by molar-refractivity contribution is 5.69. The Morgan fingerprint density at radius 3 is 1.70 bits per heavy atom. The van der Waals surface area contributed by atoms with E-state index in [1.54, 1.807) is 6.92 Å². The number of hydrogen-bond acceptors (Lipinski definition) is 6. The van der Waals surface area contributed by atoms with Gasteiger partial charge in [0.1, 0.15) is 12.7 Å². The van der Waals surface area contributed by atoms with E-state index in [-0.39, 0.29) is 25.8 Å². The topological polar surface area (TPSA) is 107 Å². The van der Waals surface area contributed by atoms with Crippen LogP contribution in [-0.4, -0.2) is 58.4 Å². The number of carbonyl (C=O) groups excluding carboxylic acids is 1. The number of ether oxygens (including phenoxy) is 1. The second-order valence-electron chi connectivity index (χ2n) is 7.89. The Kier molecular flexibility index (Phi) is 27.2. The molecule has 0 fully saturated rings. The maximum atomic E-state index is 11.3. The molecule has 0 aliphatic rings. The van der Waals surface area contributed by atoms with Gasteiger partial charge in [0.25, 0.3) is 0 Å². The lowest BCUT2D eigenvalue weighted by atomic mass is 10.1. The minimum atomic E-state index is -0.954. The summed E-state index contributed by atoms with van der Waals surface area (Å²) in [6.07, 6.45) is 20.0. The molecule has 6 nitrogen and oxygen atoms in total. The molecule has 0 aromatic heterocycles.